The number of rotatable bonds is 14. The van der Waals surface area contributed by atoms with Crippen LogP contribution in [0, 0.1) is 0 Å². The highest BCUT2D eigenvalue weighted by Gasteiger charge is 2.53. The van der Waals surface area contributed by atoms with Gasteiger partial charge in [0.1, 0.15) is 11.5 Å². The number of benzene rings is 18. The largest absolute Gasteiger partial charge is 0.458 e. The van der Waals surface area contributed by atoms with Gasteiger partial charge in [-0.2, -0.15) is 0 Å². The minimum Gasteiger partial charge on any atom is -0.458 e. The smallest absolute Gasteiger partial charge is 0.264 e. The molecule has 6 aliphatic heterocycles. The van der Waals surface area contributed by atoms with E-state index in [-0.39, 0.29) is 13.4 Å². The molecule has 18 aromatic carbocycles. The third kappa shape index (κ3) is 11.2. The minimum absolute atomic E-state index is 0.264. The zero-order valence-corrected chi connectivity index (χ0v) is 69.8. The van der Waals surface area contributed by atoms with Gasteiger partial charge < -0.3 is 43.9 Å². The lowest BCUT2D eigenvalue weighted by molar-refractivity contribution is 0.488. The molecular weight excluding hydrogens is 1570 g/mol. The lowest BCUT2D eigenvalue weighted by atomic mass is 9.30. The summed E-state index contributed by atoms with van der Waals surface area (Å²) >= 11 is 3.86. The number of thiophene rings is 2. The van der Waals surface area contributed by atoms with E-state index in [1.54, 1.807) is 0 Å². The van der Waals surface area contributed by atoms with E-state index in [1.807, 2.05) is 22.7 Å². The molecule has 0 radical (unpaired) electrons. The molecule has 0 spiro atoms. The molecule has 6 aliphatic rings. The Hall–Kier alpha value is -15.7. The summed E-state index contributed by atoms with van der Waals surface area (Å²) in [5, 5.41) is 2.43. The van der Waals surface area contributed by atoms with E-state index in [0.717, 1.165) is 148 Å². The van der Waals surface area contributed by atoms with Crippen molar-refractivity contribution in [2.45, 2.75) is 0 Å². The Labute approximate surface area is 740 Å². The Kier molecular flexibility index (Phi) is 16.5. The average Bonchev–Trinajstić information content (AvgIpc) is 1.22. The standard InChI is InChI=1S/C112H73B3N8OS2/c1-12-38-74(39-13-1)116(75-40-14-2-15-41-75)85-64-97-106-99(66-85)122(83-56-30-10-31-57-83)109-88-60-34-36-62-104(88)125-111(109)114(106)91-70-90-94(72-95(91)119(97)80-50-24-7-25-51-80)120(81-52-26-8-27-53-81)101-68-87(118(78-46-20-5-21-47-78)79-48-22-6-23-49-79)69-103-108(101)113(90)93-71-92-96(73-102(93)124-103)121(82-54-28-9-29-55-82)98-65-86(117(76-42-16-3-17-43-76)77-44-18-4-19-45-77)67-100-107(98)115(92)112-110(89-61-35-37-63-105(89)126-112)123(100)84-58-32-11-33-59-84/h1-73H. The highest BCUT2D eigenvalue weighted by molar-refractivity contribution is 7.34. The first-order chi connectivity index (χ1) is 62.6. The predicted molar refractivity (Wildman–Crippen MR) is 535 cm³/mol. The maximum Gasteiger partial charge on any atom is 0.264 e. The lowest BCUT2D eigenvalue weighted by Gasteiger charge is -2.47. The average molecular weight is 1640 g/mol. The predicted octanol–water partition coefficient (Wildman–Crippen LogP) is 25.1. The third-order valence-corrected chi connectivity index (χ3v) is 28.5. The van der Waals surface area contributed by atoms with Crippen LogP contribution in [0.25, 0.3) is 20.2 Å². The molecule has 9 nitrogen and oxygen atoms in total. The van der Waals surface area contributed by atoms with Crippen LogP contribution in [0.4, 0.5) is 136 Å². The van der Waals surface area contributed by atoms with Crippen molar-refractivity contribution in [2.75, 3.05) is 39.2 Å². The second-order valence-corrected chi connectivity index (χ2v) is 35.2. The number of ether oxygens (including phenoxy) is 1. The molecule has 0 fully saturated rings. The molecule has 126 heavy (non-hydrogen) atoms. The summed E-state index contributed by atoms with van der Waals surface area (Å²) in [6.07, 6.45) is 0. The van der Waals surface area contributed by atoms with Crippen LogP contribution in [-0.2, 0) is 0 Å². The molecule has 0 bridgehead atoms. The number of anilines is 24. The van der Waals surface area contributed by atoms with Crippen molar-refractivity contribution in [3.8, 4) is 11.5 Å². The molecule has 0 N–H and O–H groups in total. The van der Waals surface area contributed by atoms with Crippen molar-refractivity contribution in [3.63, 3.8) is 0 Å². The maximum atomic E-state index is 8.22. The summed E-state index contributed by atoms with van der Waals surface area (Å²) in [5.41, 5.74) is 33.9. The van der Waals surface area contributed by atoms with E-state index in [0.29, 0.717) is 0 Å². The van der Waals surface area contributed by atoms with Crippen LogP contribution < -0.4 is 91.7 Å². The van der Waals surface area contributed by atoms with Crippen molar-refractivity contribution in [1.29, 1.82) is 0 Å². The Balaban J connectivity index is 0.790. The highest BCUT2D eigenvalue weighted by Crippen LogP contribution is 2.56. The highest BCUT2D eigenvalue weighted by atomic mass is 32.1. The lowest BCUT2D eigenvalue weighted by Crippen LogP contribution is -2.65. The molecule has 8 heterocycles. The Morgan fingerprint density at radius 3 is 0.802 bits per heavy atom. The van der Waals surface area contributed by atoms with Crippen molar-refractivity contribution in [2.24, 2.45) is 0 Å². The summed E-state index contributed by atoms with van der Waals surface area (Å²) in [7, 11) is 0. The van der Waals surface area contributed by atoms with E-state index < -0.39 is 6.71 Å². The first-order valence-electron chi connectivity index (χ1n) is 43.1. The second kappa shape index (κ2) is 29.0. The molecule has 0 saturated carbocycles. The first kappa shape index (κ1) is 72.0. The zero-order valence-electron chi connectivity index (χ0n) is 68.2. The SMILES string of the molecule is c1ccc(N(c2ccccc2)c2cc3c4c(c2)N(c2ccccc2)c2cc5c(cc2B4c2cc4c(cc2O3)N(c2ccccc2)c2cc(N(c3ccccc3)c3ccccc3)cc3c2B4c2sc4ccccc4c2N3c2ccccc2)B2c3sc4ccccc4c3N(c3ccccc3)c3cc(N(c4ccccc4)c4ccccc4)cc(c32)N5c2ccccc2)cc1. The first-order valence-corrected chi connectivity index (χ1v) is 44.8. The summed E-state index contributed by atoms with van der Waals surface area (Å²) in [6, 6.07) is 164. The fraction of sp³-hybridized carbons (Fsp3) is 0. The molecule has 0 aliphatic carbocycles. The van der Waals surface area contributed by atoms with Crippen LogP contribution in [0.5, 0.6) is 11.5 Å². The molecule has 14 heteroatoms. The van der Waals surface area contributed by atoms with Crippen molar-refractivity contribution < 1.29 is 4.74 Å². The molecule has 20 aromatic rings. The number of hydrogen-bond donors (Lipinski definition) is 0. The quantitative estimate of drug-likeness (QED) is 0.0990. The summed E-state index contributed by atoms with van der Waals surface area (Å²) in [6.45, 7) is -0.935. The normalized spacial score (nSPS) is 13.2. The van der Waals surface area contributed by atoms with Crippen molar-refractivity contribution >= 4 is 247 Å². The van der Waals surface area contributed by atoms with Gasteiger partial charge in [0.2, 0.25) is 0 Å². The molecule has 2 aromatic heterocycles. The Bertz CT molecular complexity index is 7570. The molecular formula is C112H73B3N8OS2. The fourth-order valence-electron chi connectivity index (χ4n) is 21.0. The van der Waals surface area contributed by atoms with E-state index in [1.165, 1.54) is 68.4 Å². The number of para-hydroxylation sites is 11. The topological polar surface area (TPSA) is 35.2 Å². The number of nitrogens with zero attached hydrogens (tertiary/aromatic N) is 8. The van der Waals surface area contributed by atoms with Crippen LogP contribution in [0.1, 0.15) is 0 Å². The third-order valence-electron chi connectivity index (χ3n) is 26.0. The van der Waals surface area contributed by atoms with E-state index in [4.69, 9.17) is 4.74 Å². The van der Waals surface area contributed by atoms with Gasteiger partial charge in [0, 0.05) is 150 Å². The van der Waals surface area contributed by atoms with Crippen LogP contribution in [0.15, 0.2) is 443 Å². The molecule has 0 atom stereocenters. The molecule has 588 valence electrons. The van der Waals surface area contributed by atoms with E-state index >= 15 is 0 Å². The Morgan fingerprint density at radius 1 is 0.198 bits per heavy atom. The van der Waals surface area contributed by atoms with E-state index in [9.17, 15) is 0 Å². The Morgan fingerprint density at radius 2 is 0.460 bits per heavy atom. The minimum atomic E-state index is -0.407. The van der Waals surface area contributed by atoms with Gasteiger partial charge in [-0.1, -0.05) is 249 Å². The maximum absolute atomic E-state index is 8.22. The van der Waals surface area contributed by atoms with Gasteiger partial charge in [0.15, 0.2) is 0 Å². The van der Waals surface area contributed by atoms with Crippen molar-refractivity contribution in [3.05, 3.63) is 443 Å². The van der Waals surface area contributed by atoms with Crippen LogP contribution >= 0.6 is 22.7 Å². The van der Waals surface area contributed by atoms with Gasteiger partial charge in [-0.3, -0.25) is 0 Å². The van der Waals surface area contributed by atoms with Gasteiger partial charge in [-0.15, -0.1) is 22.7 Å². The molecule has 26 rings (SSSR count). The van der Waals surface area contributed by atoms with Crippen LogP contribution in [0.2, 0.25) is 0 Å². The van der Waals surface area contributed by atoms with Gasteiger partial charge in [0.05, 0.1) is 28.4 Å². The monoisotopic (exact) mass is 1640 g/mol. The van der Waals surface area contributed by atoms with Gasteiger partial charge >= 0.3 is 0 Å². The molecule has 0 saturated heterocycles. The van der Waals surface area contributed by atoms with Gasteiger partial charge in [-0.05, 0) is 220 Å². The van der Waals surface area contributed by atoms with Crippen molar-refractivity contribution in [1.82, 2.24) is 0 Å². The summed E-state index contributed by atoms with van der Waals surface area (Å²) in [4.78, 5) is 20.2. The number of fused-ring (bicyclic) bond motifs is 16. The second-order valence-electron chi connectivity index (χ2n) is 33.0. The van der Waals surface area contributed by atoms with Crippen LogP contribution in [-0.4, -0.2) is 20.1 Å². The fourth-order valence-corrected chi connectivity index (χ4v) is 23.6. The summed E-state index contributed by atoms with van der Waals surface area (Å²) < 4.78 is 13.3. The van der Waals surface area contributed by atoms with E-state index in [2.05, 4.69) is 482 Å². The number of hydrogen-bond acceptors (Lipinski definition) is 11. The summed E-state index contributed by atoms with van der Waals surface area (Å²) in [5.74, 6) is 1.58. The van der Waals surface area contributed by atoms with Crippen LogP contribution in [0.3, 0.4) is 0 Å². The molecule has 0 amide bonds. The van der Waals surface area contributed by atoms with Gasteiger partial charge in [-0.25, -0.2) is 0 Å². The van der Waals surface area contributed by atoms with Gasteiger partial charge in [0.25, 0.3) is 20.1 Å². The zero-order chi connectivity index (χ0) is 82.6. The molecule has 0 unspecified atom stereocenters.